The fourth-order valence-corrected chi connectivity index (χ4v) is 2.94. The largest absolute Gasteiger partial charge is 0.454 e. The number of nitrogens with zero attached hydrogens (tertiary/aromatic N) is 3. The first-order valence-electron chi connectivity index (χ1n) is 8.22. The van der Waals surface area contributed by atoms with E-state index < -0.39 is 0 Å². The summed E-state index contributed by atoms with van der Waals surface area (Å²) in [5.74, 6) is 1.71. The Morgan fingerprint density at radius 1 is 1.38 bits per heavy atom. The van der Waals surface area contributed by atoms with Crippen LogP contribution in [0.4, 0.5) is 0 Å². The van der Waals surface area contributed by atoms with E-state index in [1.807, 2.05) is 38.2 Å². The molecule has 0 aliphatic carbocycles. The van der Waals surface area contributed by atoms with Crippen molar-refractivity contribution in [2.75, 3.05) is 13.3 Å². The summed E-state index contributed by atoms with van der Waals surface area (Å²) in [5, 5.41) is 4.38. The molecule has 1 aromatic carbocycles. The molecule has 0 bridgehead atoms. The molecule has 1 aliphatic rings. The van der Waals surface area contributed by atoms with Gasteiger partial charge in [0.2, 0.25) is 6.79 Å². The lowest BCUT2D eigenvalue weighted by Crippen LogP contribution is -2.30. The molecule has 0 N–H and O–H groups in total. The van der Waals surface area contributed by atoms with E-state index >= 15 is 0 Å². The summed E-state index contributed by atoms with van der Waals surface area (Å²) in [5.41, 5.74) is 2.47. The topological polar surface area (TPSA) is 56.6 Å². The van der Waals surface area contributed by atoms with Crippen LogP contribution in [0.25, 0.3) is 0 Å². The molecule has 1 aliphatic heterocycles. The van der Waals surface area contributed by atoms with Crippen LogP contribution >= 0.6 is 0 Å². The molecule has 1 aromatic heterocycles. The van der Waals surface area contributed by atoms with Gasteiger partial charge in [0.05, 0.1) is 0 Å². The highest BCUT2D eigenvalue weighted by Crippen LogP contribution is 2.36. The van der Waals surface area contributed by atoms with Gasteiger partial charge in [0.15, 0.2) is 17.2 Å². The molecule has 0 atom stereocenters. The zero-order chi connectivity index (χ0) is 17.3. The van der Waals surface area contributed by atoms with Gasteiger partial charge >= 0.3 is 0 Å². The Morgan fingerprint density at radius 3 is 2.83 bits per heavy atom. The van der Waals surface area contributed by atoms with E-state index in [0.717, 1.165) is 22.8 Å². The average molecular weight is 329 g/mol. The standard InChI is InChI=1S/C18H23N3O3/c1-5-21(10-13-7-6-8-16-17(13)24-11-23-16)18(22)14-9-15(12(2)3)20(4)19-14/h6-9,12H,5,10-11H2,1-4H3. The van der Waals surface area contributed by atoms with Gasteiger partial charge in [-0.05, 0) is 25.0 Å². The summed E-state index contributed by atoms with van der Waals surface area (Å²) in [6, 6.07) is 7.63. The lowest BCUT2D eigenvalue weighted by molar-refractivity contribution is 0.0744. The molecule has 2 aromatic rings. The Bertz CT molecular complexity index is 752. The molecule has 0 unspecified atom stereocenters. The van der Waals surface area contributed by atoms with Crippen molar-refractivity contribution in [2.24, 2.45) is 7.05 Å². The molecular formula is C18H23N3O3. The number of aromatic nitrogens is 2. The van der Waals surface area contributed by atoms with Gasteiger partial charge in [0, 0.05) is 31.4 Å². The van der Waals surface area contributed by atoms with Gasteiger partial charge in [-0.3, -0.25) is 9.48 Å². The minimum absolute atomic E-state index is 0.0727. The van der Waals surface area contributed by atoms with Crippen molar-refractivity contribution in [3.05, 3.63) is 41.2 Å². The van der Waals surface area contributed by atoms with Crippen molar-refractivity contribution in [2.45, 2.75) is 33.2 Å². The maximum absolute atomic E-state index is 12.8. The fourth-order valence-electron chi connectivity index (χ4n) is 2.94. The zero-order valence-electron chi connectivity index (χ0n) is 14.6. The first-order valence-corrected chi connectivity index (χ1v) is 8.22. The summed E-state index contributed by atoms with van der Waals surface area (Å²) in [6.45, 7) is 7.43. The summed E-state index contributed by atoms with van der Waals surface area (Å²) in [6.07, 6.45) is 0. The van der Waals surface area contributed by atoms with E-state index in [4.69, 9.17) is 9.47 Å². The second kappa shape index (κ2) is 6.55. The smallest absolute Gasteiger partial charge is 0.274 e. The fraction of sp³-hybridized carbons (Fsp3) is 0.444. The zero-order valence-corrected chi connectivity index (χ0v) is 14.6. The van der Waals surface area contributed by atoms with E-state index in [0.29, 0.717) is 24.7 Å². The number of rotatable bonds is 5. The van der Waals surface area contributed by atoms with Crippen molar-refractivity contribution < 1.29 is 14.3 Å². The lowest BCUT2D eigenvalue weighted by Gasteiger charge is -2.20. The number of benzene rings is 1. The predicted octanol–water partition coefficient (Wildman–Crippen LogP) is 2.93. The second-order valence-corrected chi connectivity index (χ2v) is 6.20. The maximum atomic E-state index is 12.8. The van der Waals surface area contributed by atoms with Crippen molar-refractivity contribution in [3.8, 4) is 11.5 Å². The first-order chi connectivity index (χ1) is 11.5. The molecule has 0 saturated heterocycles. The molecule has 2 heterocycles. The molecule has 0 radical (unpaired) electrons. The number of aryl methyl sites for hydroxylation is 1. The Balaban J connectivity index is 1.83. The van der Waals surface area contributed by atoms with Crippen LogP contribution in [0.15, 0.2) is 24.3 Å². The number of hydrogen-bond acceptors (Lipinski definition) is 4. The molecule has 6 heteroatoms. The Hall–Kier alpha value is -2.50. The van der Waals surface area contributed by atoms with Gasteiger partial charge < -0.3 is 14.4 Å². The minimum Gasteiger partial charge on any atom is -0.454 e. The highest BCUT2D eigenvalue weighted by Gasteiger charge is 2.23. The quantitative estimate of drug-likeness (QED) is 0.846. The average Bonchev–Trinajstić information content (AvgIpc) is 3.18. The van der Waals surface area contributed by atoms with E-state index in [-0.39, 0.29) is 12.7 Å². The van der Waals surface area contributed by atoms with Crippen LogP contribution in [0, 0.1) is 0 Å². The third-order valence-electron chi connectivity index (χ3n) is 4.23. The summed E-state index contributed by atoms with van der Waals surface area (Å²) < 4.78 is 12.7. The van der Waals surface area contributed by atoms with E-state index in [1.54, 1.807) is 9.58 Å². The summed E-state index contributed by atoms with van der Waals surface area (Å²) in [7, 11) is 1.87. The van der Waals surface area contributed by atoms with E-state index in [2.05, 4.69) is 18.9 Å². The highest BCUT2D eigenvalue weighted by molar-refractivity contribution is 5.92. The Kier molecular flexibility index (Phi) is 4.46. The molecule has 0 fully saturated rings. The van der Waals surface area contributed by atoms with Crippen LogP contribution in [-0.4, -0.2) is 33.9 Å². The SMILES string of the molecule is CCN(Cc1cccc2c1OCO2)C(=O)c1cc(C(C)C)n(C)n1. The van der Waals surface area contributed by atoms with Crippen LogP contribution in [-0.2, 0) is 13.6 Å². The maximum Gasteiger partial charge on any atom is 0.274 e. The predicted molar refractivity (Wildman–Crippen MR) is 90.3 cm³/mol. The lowest BCUT2D eigenvalue weighted by atomic mass is 10.1. The van der Waals surface area contributed by atoms with Gasteiger partial charge in [0.1, 0.15) is 0 Å². The molecule has 24 heavy (non-hydrogen) atoms. The van der Waals surface area contributed by atoms with Gasteiger partial charge in [-0.25, -0.2) is 0 Å². The minimum atomic E-state index is -0.0727. The molecule has 6 nitrogen and oxygen atoms in total. The van der Waals surface area contributed by atoms with Crippen LogP contribution in [0.1, 0.15) is 48.4 Å². The summed E-state index contributed by atoms with van der Waals surface area (Å²) >= 11 is 0. The number of carbonyl (C=O) groups excluding carboxylic acids is 1. The number of para-hydroxylation sites is 1. The molecular weight excluding hydrogens is 306 g/mol. The number of amides is 1. The van der Waals surface area contributed by atoms with Gasteiger partial charge in [-0.15, -0.1) is 0 Å². The van der Waals surface area contributed by atoms with Gasteiger partial charge in [-0.2, -0.15) is 5.10 Å². The monoisotopic (exact) mass is 329 g/mol. The third-order valence-corrected chi connectivity index (χ3v) is 4.23. The molecule has 3 rings (SSSR count). The Morgan fingerprint density at radius 2 is 2.17 bits per heavy atom. The molecule has 128 valence electrons. The Labute approximate surface area is 142 Å². The number of ether oxygens (including phenoxy) is 2. The van der Waals surface area contributed by atoms with Gasteiger partial charge in [-0.1, -0.05) is 26.0 Å². The number of fused-ring (bicyclic) bond motifs is 1. The normalized spacial score (nSPS) is 12.7. The second-order valence-electron chi connectivity index (χ2n) is 6.20. The van der Waals surface area contributed by atoms with Crippen molar-refractivity contribution in [3.63, 3.8) is 0 Å². The number of carbonyl (C=O) groups is 1. The number of hydrogen-bond donors (Lipinski definition) is 0. The van der Waals surface area contributed by atoms with Crippen LogP contribution in [0.2, 0.25) is 0 Å². The van der Waals surface area contributed by atoms with Crippen molar-refractivity contribution in [1.82, 2.24) is 14.7 Å². The van der Waals surface area contributed by atoms with Crippen molar-refractivity contribution in [1.29, 1.82) is 0 Å². The first kappa shape index (κ1) is 16.4. The van der Waals surface area contributed by atoms with Crippen LogP contribution in [0.3, 0.4) is 0 Å². The van der Waals surface area contributed by atoms with Gasteiger partial charge in [0.25, 0.3) is 5.91 Å². The van der Waals surface area contributed by atoms with Crippen molar-refractivity contribution >= 4 is 5.91 Å². The van der Waals surface area contributed by atoms with E-state index in [1.165, 1.54) is 0 Å². The molecule has 0 spiro atoms. The van der Waals surface area contributed by atoms with Crippen LogP contribution < -0.4 is 9.47 Å². The van der Waals surface area contributed by atoms with E-state index in [9.17, 15) is 4.79 Å². The summed E-state index contributed by atoms with van der Waals surface area (Å²) in [4.78, 5) is 14.6. The third kappa shape index (κ3) is 2.96. The molecule has 0 saturated carbocycles. The molecule has 1 amide bonds. The van der Waals surface area contributed by atoms with Crippen LogP contribution in [0.5, 0.6) is 11.5 Å². The highest BCUT2D eigenvalue weighted by atomic mass is 16.7.